The summed E-state index contributed by atoms with van der Waals surface area (Å²) in [6.45, 7) is 5.15. The highest BCUT2D eigenvalue weighted by atomic mass is 16.5. The minimum atomic E-state index is -0.188. The van der Waals surface area contributed by atoms with Crippen LogP contribution in [0.5, 0.6) is 5.75 Å². The summed E-state index contributed by atoms with van der Waals surface area (Å²) in [5.41, 5.74) is 1.96. The van der Waals surface area contributed by atoms with Crippen molar-refractivity contribution in [2.24, 2.45) is 5.92 Å². The van der Waals surface area contributed by atoms with Crippen molar-refractivity contribution in [3.05, 3.63) is 54.1 Å². The van der Waals surface area contributed by atoms with Crippen molar-refractivity contribution >= 4 is 23.2 Å². The van der Waals surface area contributed by atoms with Gasteiger partial charge in [-0.05, 0) is 54.8 Å². The van der Waals surface area contributed by atoms with Crippen LogP contribution in [0.2, 0.25) is 0 Å². The van der Waals surface area contributed by atoms with Gasteiger partial charge in [0.15, 0.2) is 0 Å². The zero-order chi connectivity index (χ0) is 20.5. The highest BCUT2D eigenvalue weighted by molar-refractivity contribution is 5.97. The number of hydrogen-bond donors (Lipinski definition) is 2. The Labute approximate surface area is 166 Å². The molecular weight excluding hydrogens is 354 g/mol. The van der Waals surface area contributed by atoms with E-state index >= 15 is 0 Å². The molecule has 0 bridgehead atoms. The van der Waals surface area contributed by atoms with Gasteiger partial charge in [-0.25, -0.2) is 0 Å². The van der Waals surface area contributed by atoms with Crippen molar-refractivity contribution in [3.63, 3.8) is 0 Å². The van der Waals surface area contributed by atoms with Crippen LogP contribution in [0.15, 0.2) is 48.5 Å². The summed E-state index contributed by atoms with van der Waals surface area (Å²) in [5, 5.41) is 5.88. The second kappa shape index (κ2) is 10.3. The van der Waals surface area contributed by atoms with Crippen molar-refractivity contribution in [2.45, 2.75) is 20.3 Å². The molecule has 0 spiro atoms. The number of rotatable bonds is 9. The minimum absolute atomic E-state index is 0.107. The molecule has 0 heterocycles. The third kappa shape index (κ3) is 6.95. The SMILES string of the molecule is CC(C)CCOc1ccc(NCC(=O)Nc2cccc(C(=O)N(C)C)c2)cc1. The van der Waals surface area contributed by atoms with Crippen LogP contribution in [0.1, 0.15) is 30.6 Å². The molecule has 0 saturated heterocycles. The molecule has 0 aliphatic rings. The molecule has 0 aromatic heterocycles. The highest BCUT2D eigenvalue weighted by Crippen LogP contribution is 2.17. The first-order valence-electron chi connectivity index (χ1n) is 9.43. The second-order valence-corrected chi connectivity index (χ2v) is 7.24. The van der Waals surface area contributed by atoms with E-state index in [1.54, 1.807) is 38.4 Å². The number of benzene rings is 2. The van der Waals surface area contributed by atoms with Gasteiger partial charge in [-0.2, -0.15) is 0 Å². The lowest BCUT2D eigenvalue weighted by Gasteiger charge is -2.12. The Morgan fingerprint density at radius 1 is 1.04 bits per heavy atom. The highest BCUT2D eigenvalue weighted by Gasteiger charge is 2.09. The molecule has 6 heteroatoms. The molecule has 0 unspecified atom stereocenters. The summed E-state index contributed by atoms with van der Waals surface area (Å²) < 4.78 is 5.69. The van der Waals surface area contributed by atoms with E-state index in [1.807, 2.05) is 24.3 Å². The largest absolute Gasteiger partial charge is 0.494 e. The number of nitrogens with one attached hydrogen (secondary N) is 2. The van der Waals surface area contributed by atoms with Crippen LogP contribution in [0.3, 0.4) is 0 Å². The fraction of sp³-hybridized carbons (Fsp3) is 0.364. The smallest absolute Gasteiger partial charge is 0.253 e. The van der Waals surface area contributed by atoms with E-state index in [0.29, 0.717) is 23.8 Å². The van der Waals surface area contributed by atoms with Gasteiger partial charge >= 0.3 is 0 Å². The van der Waals surface area contributed by atoms with E-state index in [4.69, 9.17) is 4.74 Å². The minimum Gasteiger partial charge on any atom is -0.494 e. The van der Waals surface area contributed by atoms with Gasteiger partial charge in [0, 0.05) is 31.0 Å². The number of carbonyl (C=O) groups excluding carboxylic acids is 2. The van der Waals surface area contributed by atoms with Crippen molar-refractivity contribution < 1.29 is 14.3 Å². The van der Waals surface area contributed by atoms with Crippen molar-refractivity contribution in [1.82, 2.24) is 4.90 Å². The van der Waals surface area contributed by atoms with E-state index in [-0.39, 0.29) is 18.4 Å². The van der Waals surface area contributed by atoms with Gasteiger partial charge in [-0.3, -0.25) is 9.59 Å². The third-order valence-electron chi connectivity index (χ3n) is 4.07. The zero-order valence-corrected chi connectivity index (χ0v) is 17.0. The summed E-state index contributed by atoms with van der Waals surface area (Å²) >= 11 is 0. The fourth-order valence-corrected chi connectivity index (χ4v) is 2.46. The number of carbonyl (C=O) groups is 2. The van der Waals surface area contributed by atoms with Crippen LogP contribution >= 0.6 is 0 Å². The number of ether oxygens (including phenoxy) is 1. The molecule has 0 aliphatic heterocycles. The number of hydrogen-bond acceptors (Lipinski definition) is 4. The van der Waals surface area contributed by atoms with Crippen molar-refractivity contribution in [3.8, 4) is 5.75 Å². The molecule has 0 radical (unpaired) electrons. The first kappa shape index (κ1) is 21.3. The molecule has 150 valence electrons. The van der Waals surface area contributed by atoms with Crippen LogP contribution < -0.4 is 15.4 Å². The Hall–Kier alpha value is -3.02. The van der Waals surface area contributed by atoms with Gasteiger partial charge in [0.05, 0.1) is 13.2 Å². The summed E-state index contributed by atoms with van der Waals surface area (Å²) in [6, 6.07) is 14.4. The third-order valence-corrected chi connectivity index (χ3v) is 4.07. The maximum atomic E-state index is 12.2. The first-order valence-corrected chi connectivity index (χ1v) is 9.43. The lowest BCUT2D eigenvalue weighted by atomic mass is 10.1. The monoisotopic (exact) mass is 383 g/mol. The molecule has 2 N–H and O–H groups in total. The molecule has 2 aromatic rings. The van der Waals surface area contributed by atoms with Gasteiger partial charge in [0.1, 0.15) is 5.75 Å². The summed E-state index contributed by atoms with van der Waals surface area (Å²) in [4.78, 5) is 25.7. The Kier molecular flexibility index (Phi) is 7.87. The second-order valence-electron chi connectivity index (χ2n) is 7.24. The standard InChI is InChI=1S/C22H29N3O3/c1-16(2)12-13-28-20-10-8-18(9-11-20)23-15-21(26)24-19-7-5-6-17(14-19)22(27)25(3)4/h5-11,14,16,23H,12-13,15H2,1-4H3,(H,24,26). The van der Waals surface area contributed by atoms with Gasteiger partial charge in [0.25, 0.3) is 5.91 Å². The molecule has 0 atom stereocenters. The quantitative estimate of drug-likeness (QED) is 0.690. The molecule has 6 nitrogen and oxygen atoms in total. The van der Waals surface area contributed by atoms with Crippen LogP contribution in [-0.4, -0.2) is 44.0 Å². The zero-order valence-electron chi connectivity index (χ0n) is 17.0. The Morgan fingerprint density at radius 3 is 2.39 bits per heavy atom. The van der Waals surface area contributed by atoms with Crippen LogP contribution in [0.4, 0.5) is 11.4 Å². The predicted molar refractivity (Wildman–Crippen MR) is 113 cm³/mol. The average Bonchev–Trinajstić information content (AvgIpc) is 2.66. The molecular formula is C22H29N3O3. The molecule has 2 aromatic carbocycles. The maximum Gasteiger partial charge on any atom is 0.253 e. The van der Waals surface area contributed by atoms with E-state index < -0.39 is 0 Å². The van der Waals surface area contributed by atoms with Crippen molar-refractivity contribution in [1.29, 1.82) is 0 Å². The lowest BCUT2D eigenvalue weighted by molar-refractivity contribution is -0.114. The van der Waals surface area contributed by atoms with Crippen molar-refractivity contribution in [2.75, 3.05) is 37.9 Å². The summed E-state index contributed by atoms with van der Waals surface area (Å²) in [7, 11) is 3.39. The molecule has 0 saturated carbocycles. The summed E-state index contributed by atoms with van der Waals surface area (Å²) in [6.07, 6.45) is 1.02. The van der Waals surface area contributed by atoms with E-state index in [1.165, 1.54) is 4.90 Å². The maximum absolute atomic E-state index is 12.2. The van der Waals surface area contributed by atoms with E-state index in [2.05, 4.69) is 24.5 Å². The Balaban J connectivity index is 1.82. The number of amides is 2. The van der Waals surface area contributed by atoms with Crippen LogP contribution in [0, 0.1) is 5.92 Å². The fourth-order valence-electron chi connectivity index (χ4n) is 2.46. The molecule has 0 fully saturated rings. The van der Waals surface area contributed by atoms with Crippen LogP contribution in [-0.2, 0) is 4.79 Å². The Bertz CT molecular complexity index is 786. The number of nitrogens with zero attached hydrogens (tertiary/aromatic N) is 1. The van der Waals surface area contributed by atoms with Gasteiger partial charge in [0.2, 0.25) is 5.91 Å². The molecule has 2 amide bonds. The van der Waals surface area contributed by atoms with E-state index in [0.717, 1.165) is 17.9 Å². The van der Waals surface area contributed by atoms with Gasteiger partial charge in [-0.15, -0.1) is 0 Å². The topological polar surface area (TPSA) is 70.7 Å². The number of anilines is 2. The predicted octanol–water partition coefficient (Wildman–Crippen LogP) is 3.86. The van der Waals surface area contributed by atoms with Gasteiger partial charge < -0.3 is 20.3 Å². The van der Waals surface area contributed by atoms with Gasteiger partial charge in [-0.1, -0.05) is 19.9 Å². The normalized spacial score (nSPS) is 10.5. The Morgan fingerprint density at radius 2 is 1.75 bits per heavy atom. The first-order chi connectivity index (χ1) is 13.3. The summed E-state index contributed by atoms with van der Waals surface area (Å²) in [5.74, 6) is 1.14. The molecule has 28 heavy (non-hydrogen) atoms. The van der Waals surface area contributed by atoms with E-state index in [9.17, 15) is 9.59 Å². The average molecular weight is 383 g/mol. The lowest BCUT2D eigenvalue weighted by Crippen LogP contribution is -2.23. The molecule has 0 aliphatic carbocycles. The van der Waals surface area contributed by atoms with Crippen LogP contribution in [0.25, 0.3) is 0 Å². The molecule has 2 rings (SSSR count).